The van der Waals surface area contributed by atoms with E-state index in [2.05, 4.69) is 4.98 Å². The molecule has 10 heteroatoms. The number of esters is 1. The number of fused-ring (bicyclic) bond motifs is 6. The Morgan fingerprint density at radius 1 is 0.975 bits per heavy atom. The lowest BCUT2D eigenvalue weighted by Crippen LogP contribution is -2.30. The zero-order chi connectivity index (χ0) is 28.1. The smallest absolute Gasteiger partial charge is 0.419 e. The maximum atomic E-state index is 13.6. The van der Waals surface area contributed by atoms with Crippen LogP contribution < -0.4 is 29.4 Å². The molecule has 1 amide bonds. The number of amides is 1. The van der Waals surface area contributed by atoms with Gasteiger partial charge in [0, 0.05) is 43.6 Å². The van der Waals surface area contributed by atoms with Crippen molar-refractivity contribution in [1.29, 1.82) is 0 Å². The minimum absolute atomic E-state index is 0.136. The van der Waals surface area contributed by atoms with Crippen LogP contribution in [0.3, 0.4) is 0 Å². The first kappa shape index (κ1) is 25.2. The second-order valence-corrected chi connectivity index (χ2v) is 9.49. The van der Waals surface area contributed by atoms with Gasteiger partial charge in [0.05, 0.1) is 22.1 Å². The molecule has 0 unspecified atom stereocenters. The van der Waals surface area contributed by atoms with Crippen LogP contribution in [0.4, 0.5) is 10.5 Å². The van der Waals surface area contributed by atoms with E-state index >= 15 is 0 Å². The minimum atomic E-state index is -0.705. The average molecular weight is 540 g/mol. The van der Waals surface area contributed by atoms with Crippen LogP contribution in [0.15, 0.2) is 59.5 Å². The summed E-state index contributed by atoms with van der Waals surface area (Å²) in [7, 11) is 3.22. The highest BCUT2D eigenvalue weighted by Gasteiger charge is 2.22. The first-order valence-electron chi connectivity index (χ1n) is 12.7. The zero-order valence-electron chi connectivity index (χ0n) is 22.3. The molecule has 1 aliphatic rings. The molecule has 0 spiro atoms. The molecule has 1 aliphatic heterocycles. The van der Waals surface area contributed by atoms with Crippen molar-refractivity contribution < 1.29 is 28.5 Å². The summed E-state index contributed by atoms with van der Waals surface area (Å²) in [5, 5.41) is 2.60. The summed E-state index contributed by atoms with van der Waals surface area (Å²) in [6.07, 6.45) is 1.22. The molecule has 3 heterocycles. The van der Waals surface area contributed by atoms with Gasteiger partial charge < -0.3 is 23.5 Å². The number of rotatable bonds is 4. The molecule has 3 aromatic carbocycles. The number of hydrogen-bond donors (Lipinski definition) is 0. The number of benzene rings is 3. The van der Waals surface area contributed by atoms with Gasteiger partial charge >= 0.3 is 12.1 Å². The van der Waals surface area contributed by atoms with Gasteiger partial charge in [-0.05, 0) is 48.2 Å². The van der Waals surface area contributed by atoms with E-state index in [1.807, 2.05) is 12.1 Å². The highest BCUT2D eigenvalue weighted by atomic mass is 16.7. The van der Waals surface area contributed by atoms with Crippen molar-refractivity contribution in [2.75, 3.05) is 18.7 Å². The maximum Gasteiger partial charge on any atom is 0.419 e. The van der Waals surface area contributed by atoms with Crippen LogP contribution in [-0.4, -0.2) is 35.5 Å². The summed E-state index contributed by atoms with van der Waals surface area (Å²) in [6, 6.07) is 13.7. The van der Waals surface area contributed by atoms with Crippen molar-refractivity contribution in [1.82, 2.24) is 9.55 Å². The van der Waals surface area contributed by atoms with Crippen LogP contribution in [-0.2, 0) is 11.8 Å². The largest absolute Gasteiger partial charge is 0.454 e. The number of para-hydroxylation sites is 2. The van der Waals surface area contributed by atoms with E-state index in [1.54, 1.807) is 68.1 Å². The standard InChI is InChI=1S/C30H25N3O7/c1-5-27(34)39-23-9-7-6-8-22(23)32(3)30(36)40-24-11-18-17(10-16(24)2)20-14-31-21-13-26-25(37-15-38-26)12-19(21)28(20)33(4)29(18)35/h6-14H,5,15H2,1-4H3. The normalized spacial score (nSPS) is 12.2. The third-order valence-electron chi connectivity index (χ3n) is 7.02. The summed E-state index contributed by atoms with van der Waals surface area (Å²) >= 11 is 0. The van der Waals surface area contributed by atoms with E-state index in [4.69, 9.17) is 18.9 Å². The van der Waals surface area contributed by atoms with Crippen LogP contribution in [0.2, 0.25) is 0 Å². The molecule has 0 N–H and O–H groups in total. The zero-order valence-corrected chi connectivity index (χ0v) is 22.3. The Balaban J connectivity index is 1.41. The third-order valence-corrected chi connectivity index (χ3v) is 7.02. The van der Waals surface area contributed by atoms with Crippen LogP contribution in [0.1, 0.15) is 18.9 Å². The second kappa shape index (κ2) is 9.57. The number of hydrogen-bond acceptors (Lipinski definition) is 8. The van der Waals surface area contributed by atoms with Gasteiger partial charge in [0.2, 0.25) is 6.79 Å². The van der Waals surface area contributed by atoms with Gasteiger partial charge in [-0.25, -0.2) is 4.79 Å². The van der Waals surface area contributed by atoms with Gasteiger partial charge in [-0.1, -0.05) is 19.1 Å². The fraction of sp³-hybridized carbons (Fsp3) is 0.200. The number of aryl methyl sites for hydroxylation is 2. The topological polar surface area (TPSA) is 109 Å². The Morgan fingerprint density at radius 2 is 1.73 bits per heavy atom. The number of carbonyl (C=O) groups is 2. The van der Waals surface area contributed by atoms with Crippen LogP contribution in [0.25, 0.3) is 32.6 Å². The first-order valence-corrected chi connectivity index (χ1v) is 12.7. The number of aromatic nitrogens is 2. The van der Waals surface area contributed by atoms with Gasteiger partial charge in [-0.15, -0.1) is 0 Å². The molecule has 5 aromatic rings. The Labute approximate surface area is 228 Å². The van der Waals surface area contributed by atoms with E-state index in [0.29, 0.717) is 44.6 Å². The summed E-state index contributed by atoms with van der Waals surface area (Å²) in [5.41, 5.74) is 2.16. The SMILES string of the molecule is CCC(=O)Oc1ccccc1N(C)C(=O)Oc1cc2c(=O)n(C)c3c4cc5c(cc4ncc3c2cc1C)OCO5. The molecule has 40 heavy (non-hydrogen) atoms. The number of nitrogens with zero attached hydrogens (tertiary/aromatic N) is 3. The molecule has 0 fully saturated rings. The number of pyridine rings is 2. The Kier molecular flexibility index (Phi) is 6.02. The molecular weight excluding hydrogens is 514 g/mol. The van der Waals surface area contributed by atoms with Gasteiger partial charge in [-0.3, -0.25) is 19.5 Å². The molecule has 0 aliphatic carbocycles. The molecule has 0 saturated heterocycles. The number of ether oxygens (including phenoxy) is 4. The molecule has 202 valence electrons. The quantitative estimate of drug-likeness (QED) is 0.174. The summed E-state index contributed by atoms with van der Waals surface area (Å²) in [4.78, 5) is 44.5. The lowest BCUT2D eigenvalue weighted by atomic mass is 10.0. The van der Waals surface area contributed by atoms with Gasteiger partial charge in [0.25, 0.3) is 5.56 Å². The Hall–Kier alpha value is -5.12. The number of carbonyl (C=O) groups excluding carboxylic acids is 2. The van der Waals surface area contributed by atoms with E-state index in [0.717, 1.165) is 10.8 Å². The lowest BCUT2D eigenvalue weighted by Gasteiger charge is -2.20. The molecule has 0 radical (unpaired) electrons. The van der Waals surface area contributed by atoms with Crippen molar-refractivity contribution in [3.05, 3.63) is 70.6 Å². The minimum Gasteiger partial charge on any atom is -0.454 e. The number of anilines is 1. The fourth-order valence-electron chi connectivity index (χ4n) is 4.88. The summed E-state index contributed by atoms with van der Waals surface area (Å²) in [6.45, 7) is 3.62. The molecular formula is C30H25N3O7. The van der Waals surface area contributed by atoms with E-state index in [-0.39, 0.29) is 30.3 Å². The molecule has 6 rings (SSSR count). The van der Waals surface area contributed by atoms with Crippen molar-refractivity contribution in [3.63, 3.8) is 0 Å². The van der Waals surface area contributed by atoms with E-state index in [1.165, 1.54) is 11.9 Å². The maximum absolute atomic E-state index is 13.6. The van der Waals surface area contributed by atoms with Crippen molar-refractivity contribution in [2.24, 2.45) is 7.05 Å². The fourth-order valence-corrected chi connectivity index (χ4v) is 4.88. The predicted molar refractivity (Wildman–Crippen MR) is 150 cm³/mol. The predicted octanol–water partition coefficient (Wildman–Crippen LogP) is 5.23. The van der Waals surface area contributed by atoms with Gasteiger partial charge in [0.1, 0.15) is 5.75 Å². The molecule has 10 nitrogen and oxygen atoms in total. The van der Waals surface area contributed by atoms with Crippen LogP contribution in [0, 0.1) is 6.92 Å². The third kappa shape index (κ3) is 4.05. The highest BCUT2D eigenvalue weighted by Crippen LogP contribution is 2.39. The average Bonchev–Trinajstić information content (AvgIpc) is 3.42. The molecule has 2 aromatic heterocycles. The Morgan fingerprint density at radius 3 is 2.50 bits per heavy atom. The first-order chi connectivity index (χ1) is 19.3. The van der Waals surface area contributed by atoms with Gasteiger partial charge in [0.15, 0.2) is 17.2 Å². The van der Waals surface area contributed by atoms with Crippen LogP contribution in [0.5, 0.6) is 23.0 Å². The van der Waals surface area contributed by atoms with E-state index in [9.17, 15) is 14.4 Å². The van der Waals surface area contributed by atoms with Gasteiger partial charge in [-0.2, -0.15) is 0 Å². The highest BCUT2D eigenvalue weighted by molar-refractivity contribution is 6.15. The summed E-state index contributed by atoms with van der Waals surface area (Å²) in [5.74, 6) is 1.27. The lowest BCUT2D eigenvalue weighted by molar-refractivity contribution is -0.133. The summed E-state index contributed by atoms with van der Waals surface area (Å²) < 4.78 is 23.7. The molecule has 0 saturated carbocycles. The molecule has 0 bridgehead atoms. The van der Waals surface area contributed by atoms with E-state index < -0.39 is 12.1 Å². The monoisotopic (exact) mass is 539 g/mol. The van der Waals surface area contributed by atoms with Crippen molar-refractivity contribution in [3.8, 4) is 23.0 Å². The van der Waals surface area contributed by atoms with Crippen molar-refractivity contribution >= 4 is 50.3 Å². The van der Waals surface area contributed by atoms with Crippen LogP contribution >= 0.6 is 0 Å². The second-order valence-electron chi connectivity index (χ2n) is 9.49. The Bertz CT molecular complexity index is 1930. The molecule has 0 atom stereocenters. The van der Waals surface area contributed by atoms with Crippen molar-refractivity contribution in [2.45, 2.75) is 20.3 Å².